The van der Waals surface area contributed by atoms with Gasteiger partial charge in [0.05, 0.1) is 0 Å². The summed E-state index contributed by atoms with van der Waals surface area (Å²) in [6.45, 7) is 5.18. The molecule has 1 aliphatic heterocycles. The zero-order valence-corrected chi connectivity index (χ0v) is 17.3. The molecule has 1 saturated heterocycles. The standard InChI is InChI=1S/C20H31N3O.2ClH/c1-16-4-2-3-5-18(16)23-19(24)8-13-22-17-6-9-20(10-7-17)11-14-21-15-12-20;;/h2-5,17,21-22H,6-15H2,1H3,(H,23,24);2*1H. The van der Waals surface area contributed by atoms with Crippen molar-refractivity contribution in [3.63, 3.8) is 0 Å². The molecule has 1 amide bonds. The summed E-state index contributed by atoms with van der Waals surface area (Å²) in [4.78, 5) is 12.1. The largest absolute Gasteiger partial charge is 0.326 e. The van der Waals surface area contributed by atoms with Crippen molar-refractivity contribution in [1.29, 1.82) is 0 Å². The first kappa shape index (κ1) is 23.2. The summed E-state index contributed by atoms with van der Waals surface area (Å²) >= 11 is 0. The van der Waals surface area contributed by atoms with Gasteiger partial charge in [0.2, 0.25) is 5.91 Å². The van der Waals surface area contributed by atoms with E-state index in [4.69, 9.17) is 0 Å². The molecule has 1 aromatic rings. The quantitative estimate of drug-likeness (QED) is 0.696. The number of para-hydroxylation sites is 1. The van der Waals surface area contributed by atoms with Crippen LogP contribution in [0.25, 0.3) is 0 Å². The molecule has 6 heteroatoms. The van der Waals surface area contributed by atoms with Gasteiger partial charge in [-0.15, -0.1) is 24.8 Å². The van der Waals surface area contributed by atoms with E-state index < -0.39 is 0 Å². The van der Waals surface area contributed by atoms with E-state index in [2.05, 4.69) is 16.0 Å². The predicted octanol–water partition coefficient (Wildman–Crippen LogP) is 4.07. The van der Waals surface area contributed by atoms with Gasteiger partial charge in [0.25, 0.3) is 0 Å². The number of piperidine rings is 1. The summed E-state index contributed by atoms with van der Waals surface area (Å²) < 4.78 is 0. The molecule has 4 nitrogen and oxygen atoms in total. The van der Waals surface area contributed by atoms with Gasteiger partial charge >= 0.3 is 0 Å². The fraction of sp³-hybridized carbons (Fsp3) is 0.650. The summed E-state index contributed by atoms with van der Waals surface area (Å²) in [5.41, 5.74) is 2.65. The van der Waals surface area contributed by atoms with Crippen LogP contribution in [0.3, 0.4) is 0 Å². The van der Waals surface area contributed by atoms with Gasteiger partial charge in [-0.3, -0.25) is 4.79 Å². The Hall–Kier alpha value is -0.810. The van der Waals surface area contributed by atoms with Gasteiger partial charge in [-0.25, -0.2) is 0 Å². The maximum atomic E-state index is 12.1. The monoisotopic (exact) mass is 401 g/mol. The Bertz CT molecular complexity index is 552. The fourth-order valence-corrected chi connectivity index (χ4v) is 4.21. The van der Waals surface area contributed by atoms with Gasteiger partial charge < -0.3 is 16.0 Å². The Balaban J connectivity index is 0.00000169. The Morgan fingerprint density at radius 3 is 2.42 bits per heavy atom. The minimum Gasteiger partial charge on any atom is -0.326 e. The second-order valence-electron chi connectivity index (χ2n) is 7.59. The summed E-state index contributed by atoms with van der Waals surface area (Å²) in [7, 11) is 0. The van der Waals surface area contributed by atoms with Gasteiger partial charge in [-0.2, -0.15) is 0 Å². The number of halogens is 2. The number of hydrogen-bond donors (Lipinski definition) is 3. The highest BCUT2D eigenvalue weighted by Crippen LogP contribution is 2.43. The van der Waals surface area contributed by atoms with Crippen molar-refractivity contribution < 1.29 is 4.79 Å². The van der Waals surface area contributed by atoms with E-state index in [1.807, 2.05) is 31.2 Å². The highest BCUT2D eigenvalue weighted by molar-refractivity contribution is 5.91. The molecule has 0 bridgehead atoms. The maximum Gasteiger partial charge on any atom is 0.225 e. The van der Waals surface area contributed by atoms with E-state index in [9.17, 15) is 4.79 Å². The first-order valence-corrected chi connectivity index (χ1v) is 9.47. The molecule has 0 radical (unpaired) electrons. The third kappa shape index (κ3) is 6.41. The first-order chi connectivity index (χ1) is 11.7. The van der Waals surface area contributed by atoms with E-state index >= 15 is 0 Å². The van der Waals surface area contributed by atoms with Crippen LogP contribution >= 0.6 is 24.8 Å². The lowest BCUT2D eigenvalue weighted by atomic mass is 9.67. The number of nitrogens with one attached hydrogen (secondary N) is 3. The zero-order valence-electron chi connectivity index (χ0n) is 15.7. The number of carbonyl (C=O) groups excluding carboxylic acids is 1. The molecule has 1 aliphatic carbocycles. The van der Waals surface area contributed by atoms with Gasteiger partial charge in [-0.1, -0.05) is 18.2 Å². The topological polar surface area (TPSA) is 53.2 Å². The second-order valence-corrected chi connectivity index (χ2v) is 7.59. The average Bonchev–Trinajstić information content (AvgIpc) is 2.60. The molecule has 3 N–H and O–H groups in total. The van der Waals surface area contributed by atoms with Gasteiger partial charge in [0.1, 0.15) is 0 Å². The highest BCUT2D eigenvalue weighted by Gasteiger charge is 2.35. The molecule has 26 heavy (non-hydrogen) atoms. The smallest absolute Gasteiger partial charge is 0.225 e. The zero-order chi connectivity index (χ0) is 16.8. The van der Waals surface area contributed by atoms with Crippen molar-refractivity contribution in [2.75, 3.05) is 25.0 Å². The SMILES string of the molecule is Cc1ccccc1NC(=O)CCNC1CCC2(CCNCC2)CC1.Cl.Cl. The predicted molar refractivity (Wildman–Crippen MR) is 114 cm³/mol. The van der Waals surface area contributed by atoms with Gasteiger partial charge in [0.15, 0.2) is 0 Å². The molecule has 1 heterocycles. The number of hydrogen-bond acceptors (Lipinski definition) is 3. The number of aryl methyl sites for hydroxylation is 1. The third-order valence-electron chi connectivity index (χ3n) is 5.91. The second kappa shape index (κ2) is 11.1. The Morgan fingerprint density at radius 1 is 1.12 bits per heavy atom. The van der Waals surface area contributed by atoms with E-state index in [0.717, 1.165) is 17.8 Å². The average molecular weight is 402 g/mol. The van der Waals surface area contributed by atoms with Crippen LogP contribution in [0.4, 0.5) is 5.69 Å². The fourth-order valence-electron chi connectivity index (χ4n) is 4.21. The Morgan fingerprint density at radius 2 is 1.77 bits per heavy atom. The normalized spacial score (nSPS) is 19.3. The highest BCUT2D eigenvalue weighted by atomic mass is 35.5. The molecule has 0 aromatic heterocycles. The van der Waals surface area contributed by atoms with E-state index in [0.29, 0.717) is 17.9 Å². The van der Waals surface area contributed by atoms with Crippen LogP contribution in [0.2, 0.25) is 0 Å². The molecule has 3 rings (SSSR count). The van der Waals surface area contributed by atoms with E-state index in [-0.39, 0.29) is 30.7 Å². The van der Waals surface area contributed by atoms with Crippen molar-refractivity contribution in [2.24, 2.45) is 5.41 Å². The molecule has 1 aromatic carbocycles. The first-order valence-electron chi connectivity index (χ1n) is 9.47. The van der Waals surface area contributed by atoms with Gasteiger partial charge in [-0.05, 0) is 75.6 Å². The van der Waals surface area contributed by atoms with Crippen LogP contribution in [0.5, 0.6) is 0 Å². The van der Waals surface area contributed by atoms with Crippen LogP contribution in [-0.2, 0) is 4.79 Å². The van der Waals surface area contributed by atoms with Crippen molar-refractivity contribution >= 4 is 36.4 Å². The molecule has 2 fully saturated rings. The molecule has 1 saturated carbocycles. The minimum absolute atomic E-state index is 0. The van der Waals surface area contributed by atoms with Crippen LogP contribution < -0.4 is 16.0 Å². The Kier molecular flexibility index (Phi) is 9.94. The van der Waals surface area contributed by atoms with E-state index in [1.54, 1.807) is 0 Å². The third-order valence-corrected chi connectivity index (χ3v) is 5.91. The van der Waals surface area contributed by atoms with Crippen molar-refractivity contribution in [3.05, 3.63) is 29.8 Å². The van der Waals surface area contributed by atoms with Crippen molar-refractivity contribution in [2.45, 2.75) is 57.9 Å². The number of amides is 1. The lowest BCUT2D eigenvalue weighted by Crippen LogP contribution is -2.43. The molecule has 2 aliphatic rings. The van der Waals surface area contributed by atoms with Crippen LogP contribution in [-0.4, -0.2) is 31.6 Å². The molecule has 148 valence electrons. The molecular weight excluding hydrogens is 369 g/mol. The summed E-state index contributed by atoms with van der Waals surface area (Å²) in [5, 5.41) is 10.1. The summed E-state index contributed by atoms with van der Waals surface area (Å²) in [5.74, 6) is 0.0995. The number of rotatable bonds is 5. The molecule has 0 unspecified atom stereocenters. The van der Waals surface area contributed by atoms with Gasteiger partial charge in [0, 0.05) is 24.7 Å². The summed E-state index contributed by atoms with van der Waals surface area (Å²) in [6, 6.07) is 8.52. The van der Waals surface area contributed by atoms with Crippen LogP contribution in [0, 0.1) is 12.3 Å². The van der Waals surface area contributed by atoms with Crippen molar-refractivity contribution in [1.82, 2.24) is 10.6 Å². The number of anilines is 1. The number of carbonyl (C=O) groups is 1. The maximum absolute atomic E-state index is 12.1. The summed E-state index contributed by atoms with van der Waals surface area (Å²) in [6.07, 6.45) is 8.46. The molecule has 0 atom stereocenters. The molecule has 1 spiro atoms. The van der Waals surface area contributed by atoms with Crippen molar-refractivity contribution in [3.8, 4) is 0 Å². The van der Waals surface area contributed by atoms with E-state index in [1.165, 1.54) is 51.6 Å². The van der Waals surface area contributed by atoms with Crippen LogP contribution in [0.1, 0.15) is 50.5 Å². The minimum atomic E-state index is 0. The Labute approximate surface area is 170 Å². The lowest BCUT2D eigenvalue weighted by Gasteiger charge is -2.43. The molecular formula is C20H33Cl2N3O. The number of benzene rings is 1. The van der Waals surface area contributed by atoms with Crippen LogP contribution in [0.15, 0.2) is 24.3 Å². The lowest BCUT2D eigenvalue weighted by molar-refractivity contribution is -0.116.